The molecule has 1 heterocycles. The number of nitrogens with zero attached hydrogens (tertiary/aromatic N) is 4. The average molecular weight is 350 g/mol. The zero-order chi connectivity index (χ0) is 18.5. The quantitative estimate of drug-likeness (QED) is 0.732. The van der Waals surface area contributed by atoms with E-state index in [0.717, 1.165) is 11.3 Å². The van der Waals surface area contributed by atoms with Gasteiger partial charge in [0.2, 0.25) is 0 Å². The van der Waals surface area contributed by atoms with Crippen LogP contribution in [0.5, 0.6) is 0 Å². The Labute approximate surface area is 150 Å². The molecular formula is C18H18N6O2. The molecule has 0 radical (unpaired) electrons. The molecule has 0 atom stereocenters. The number of hydrogen-bond acceptors (Lipinski definition) is 5. The van der Waals surface area contributed by atoms with Crippen LogP contribution in [0.2, 0.25) is 0 Å². The highest BCUT2D eigenvalue weighted by molar-refractivity contribution is 6.05. The van der Waals surface area contributed by atoms with Gasteiger partial charge in [-0.1, -0.05) is 6.07 Å². The van der Waals surface area contributed by atoms with Crippen molar-refractivity contribution in [2.45, 2.75) is 13.8 Å². The molecule has 0 aliphatic carbocycles. The third-order valence-electron chi connectivity index (χ3n) is 3.77. The van der Waals surface area contributed by atoms with E-state index in [2.05, 4.69) is 26.2 Å². The SMILES string of the molecule is CCNC(=O)c1cccc(NC(=O)c2ccc(-n3cnnn3)c(C)c2)c1. The summed E-state index contributed by atoms with van der Waals surface area (Å²) in [5.74, 6) is -0.436. The fourth-order valence-electron chi connectivity index (χ4n) is 2.53. The molecule has 1 aromatic heterocycles. The first-order valence-electron chi connectivity index (χ1n) is 8.12. The molecule has 0 unspecified atom stereocenters. The van der Waals surface area contributed by atoms with Crippen LogP contribution in [0.25, 0.3) is 5.69 Å². The molecule has 3 aromatic rings. The van der Waals surface area contributed by atoms with Gasteiger partial charge in [-0.05, 0) is 66.2 Å². The van der Waals surface area contributed by atoms with Crippen molar-refractivity contribution < 1.29 is 9.59 Å². The fourth-order valence-corrected chi connectivity index (χ4v) is 2.53. The predicted octanol–water partition coefficient (Wildman–Crippen LogP) is 1.97. The van der Waals surface area contributed by atoms with E-state index in [1.54, 1.807) is 42.5 Å². The summed E-state index contributed by atoms with van der Waals surface area (Å²) in [5.41, 5.74) is 3.21. The lowest BCUT2D eigenvalue weighted by atomic mass is 10.1. The molecule has 8 nitrogen and oxygen atoms in total. The van der Waals surface area contributed by atoms with Crippen LogP contribution >= 0.6 is 0 Å². The Morgan fingerprint density at radius 2 is 1.88 bits per heavy atom. The Morgan fingerprint density at radius 3 is 2.58 bits per heavy atom. The van der Waals surface area contributed by atoms with E-state index in [1.807, 2.05) is 13.8 Å². The van der Waals surface area contributed by atoms with Gasteiger partial charge >= 0.3 is 0 Å². The van der Waals surface area contributed by atoms with Crippen molar-refractivity contribution in [3.63, 3.8) is 0 Å². The van der Waals surface area contributed by atoms with Gasteiger partial charge in [0.15, 0.2) is 0 Å². The van der Waals surface area contributed by atoms with Crippen molar-refractivity contribution in [1.82, 2.24) is 25.5 Å². The van der Waals surface area contributed by atoms with Gasteiger partial charge in [-0.25, -0.2) is 4.68 Å². The lowest BCUT2D eigenvalue weighted by Crippen LogP contribution is -2.22. The standard InChI is InChI=1S/C18H18N6O2/c1-3-19-17(25)13-5-4-6-15(10-13)21-18(26)14-7-8-16(12(2)9-14)24-11-20-22-23-24/h4-11H,3H2,1-2H3,(H,19,25)(H,21,26). The van der Waals surface area contributed by atoms with Crippen LogP contribution in [-0.4, -0.2) is 38.6 Å². The molecule has 2 aromatic carbocycles. The van der Waals surface area contributed by atoms with Gasteiger partial charge in [-0.3, -0.25) is 9.59 Å². The number of tetrazole rings is 1. The first-order chi connectivity index (χ1) is 12.6. The van der Waals surface area contributed by atoms with Crippen molar-refractivity contribution in [3.8, 4) is 5.69 Å². The fraction of sp³-hybridized carbons (Fsp3) is 0.167. The molecule has 132 valence electrons. The molecule has 0 aliphatic heterocycles. The van der Waals surface area contributed by atoms with Crippen LogP contribution in [0.4, 0.5) is 5.69 Å². The van der Waals surface area contributed by atoms with Gasteiger partial charge in [0.05, 0.1) is 5.69 Å². The number of aryl methyl sites for hydroxylation is 1. The molecule has 0 bridgehead atoms. The summed E-state index contributed by atoms with van der Waals surface area (Å²) in [6, 6.07) is 12.1. The lowest BCUT2D eigenvalue weighted by molar-refractivity contribution is 0.0954. The molecule has 0 saturated heterocycles. The molecular weight excluding hydrogens is 332 g/mol. The smallest absolute Gasteiger partial charge is 0.255 e. The largest absolute Gasteiger partial charge is 0.352 e. The summed E-state index contributed by atoms with van der Waals surface area (Å²) in [6.07, 6.45) is 1.49. The maximum atomic E-state index is 12.5. The number of rotatable bonds is 5. The number of carbonyl (C=O) groups excluding carboxylic acids is 2. The van der Waals surface area contributed by atoms with Gasteiger partial charge in [0.25, 0.3) is 11.8 Å². The average Bonchev–Trinajstić information content (AvgIpc) is 3.16. The third-order valence-corrected chi connectivity index (χ3v) is 3.77. The zero-order valence-corrected chi connectivity index (χ0v) is 14.4. The van der Waals surface area contributed by atoms with Gasteiger partial charge in [0, 0.05) is 23.4 Å². The van der Waals surface area contributed by atoms with E-state index in [9.17, 15) is 9.59 Å². The van der Waals surface area contributed by atoms with Crippen LogP contribution in [0.1, 0.15) is 33.2 Å². The van der Waals surface area contributed by atoms with Crippen molar-refractivity contribution in [1.29, 1.82) is 0 Å². The number of carbonyl (C=O) groups is 2. The highest BCUT2D eigenvalue weighted by atomic mass is 16.2. The van der Waals surface area contributed by atoms with E-state index in [-0.39, 0.29) is 11.8 Å². The molecule has 0 fully saturated rings. The second-order valence-electron chi connectivity index (χ2n) is 5.65. The van der Waals surface area contributed by atoms with E-state index < -0.39 is 0 Å². The lowest BCUT2D eigenvalue weighted by Gasteiger charge is -2.10. The highest BCUT2D eigenvalue weighted by Crippen LogP contribution is 2.17. The molecule has 26 heavy (non-hydrogen) atoms. The van der Waals surface area contributed by atoms with Crippen LogP contribution in [0.15, 0.2) is 48.8 Å². The van der Waals surface area contributed by atoms with E-state index >= 15 is 0 Å². The third kappa shape index (κ3) is 3.75. The minimum absolute atomic E-state index is 0.176. The molecule has 3 rings (SSSR count). The number of aromatic nitrogens is 4. The second kappa shape index (κ2) is 7.56. The molecule has 2 N–H and O–H groups in total. The van der Waals surface area contributed by atoms with Crippen LogP contribution in [0.3, 0.4) is 0 Å². The summed E-state index contributed by atoms with van der Waals surface area (Å²) in [5, 5.41) is 16.6. The van der Waals surface area contributed by atoms with Crippen molar-refractivity contribution in [2.75, 3.05) is 11.9 Å². The monoisotopic (exact) mass is 350 g/mol. The Bertz CT molecular complexity index is 937. The van der Waals surface area contributed by atoms with E-state index in [1.165, 1.54) is 11.0 Å². The number of anilines is 1. The Morgan fingerprint density at radius 1 is 1.08 bits per heavy atom. The molecule has 0 aliphatic rings. The summed E-state index contributed by atoms with van der Waals surface area (Å²) in [7, 11) is 0. The van der Waals surface area contributed by atoms with Crippen LogP contribution in [-0.2, 0) is 0 Å². The van der Waals surface area contributed by atoms with E-state index in [0.29, 0.717) is 23.4 Å². The van der Waals surface area contributed by atoms with Crippen molar-refractivity contribution in [2.24, 2.45) is 0 Å². The molecule has 0 spiro atoms. The normalized spacial score (nSPS) is 10.4. The molecule has 2 amide bonds. The number of hydrogen-bond donors (Lipinski definition) is 2. The topological polar surface area (TPSA) is 102 Å². The highest BCUT2D eigenvalue weighted by Gasteiger charge is 2.11. The molecule has 8 heteroatoms. The Kier molecular flexibility index (Phi) is 5.02. The first-order valence-corrected chi connectivity index (χ1v) is 8.12. The van der Waals surface area contributed by atoms with Gasteiger partial charge in [-0.2, -0.15) is 0 Å². The number of nitrogens with one attached hydrogen (secondary N) is 2. The number of benzene rings is 2. The van der Waals surface area contributed by atoms with Crippen LogP contribution < -0.4 is 10.6 Å². The van der Waals surface area contributed by atoms with Gasteiger partial charge < -0.3 is 10.6 Å². The van der Waals surface area contributed by atoms with Gasteiger partial charge in [0.1, 0.15) is 6.33 Å². The first kappa shape index (κ1) is 17.3. The zero-order valence-electron chi connectivity index (χ0n) is 14.4. The van der Waals surface area contributed by atoms with Crippen molar-refractivity contribution >= 4 is 17.5 Å². The minimum Gasteiger partial charge on any atom is -0.352 e. The van der Waals surface area contributed by atoms with Crippen molar-refractivity contribution in [3.05, 3.63) is 65.5 Å². The Hall–Kier alpha value is -3.55. The summed E-state index contributed by atoms with van der Waals surface area (Å²) in [6.45, 7) is 4.27. The molecule has 0 saturated carbocycles. The van der Waals surface area contributed by atoms with Gasteiger partial charge in [-0.15, -0.1) is 5.10 Å². The summed E-state index contributed by atoms with van der Waals surface area (Å²) >= 11 is 0. The summed E-state index contributed by atoms with van der Waals surface area (Å²) in [4.78, 5) is 24.4. The summed E-state index contributed by atoms with van der Waals surface area (Å²) < 4.78 is 1.53. The van der Waals surface area contributed by atoms with Crippen LogP contribution in [0, 0.1) is 6.92 Å². The van der Waals surface area contributed by atoms with E-state index in [4.69, 9.17) is 0 Å². The Balaban J connectivity index is 1.77. The second-order valence-corrected chi connectivity index (χ2v) is 5.65. The predicted molar refractivity (Wildman–Crippen MR) is 96.3 cm³/mol. The maximum Gasteiger partial charge on any atom is 0.255 e. The number of amides is 2. The minimum atomic E-state index is -0.260. The maximum absolute atomic E-state index is 12.5.